The summed E-state index contributed by atoms with van der Waals surface area (Å²) in [5.74, 6) is 0.784. The second-order valence-corrected chi connectivity index (χ2v) is 6.85. The second kappa shape index (κ2) is 5.42. The van der Waals surface area contributed by atoms with Crippen LogP contribution >= 0.6 is 11.6 Å². The number of hydrogen-bond acceptors (Lipinski definition) is 4. The van der Waals surface area contributed by atoms with Crippen molar-refractivity contribution in [2.24, 2.45) is 0 Å². The Morgan fingerprint density at radius 2 is 1.78 bits per heavy atom. The van der Waals surface area contributed by atoms with Gasteiger partial charge in [-0.2, -0.15) is 0 Å². The molecule has 0 aliphatic carbocycles. The standard InChI is InChI=1S/C17H18ClN3O2/c1-17(2,3)12-8-11(23-4)9-15(16(12)22)21-19-13-6-5-10(18)7-14(13)20-21/h5-9,22H,1-4H3. The molecule has 120 valence electrons. The Morgan fingerprint density at radius 1 is 1.09 bits per heavy atom. The summed E-state index contributed by atoms with van der Waals surface area (Å²) >= 11 is 5.99. The maximum Gasteiger partial charge on any atom is 0.147 e. The number of ether oxygens (including phenoxy) is 1. The number of rotatable bonds is 2. The van der Waals surface area contributed by atoms with E-state index < -0.39 is 0 Å². The summed E-state index contributed by atoms with van der Waals surface area (Å²) in [6.07, 6.45) is 0. The molecule has 3 rings (SSSR count). The maximum atomic E-state index is 10.7. The molecule has 0 spiro atoms. The van der Waals surface area contributed by atoms with Crippen LogP contribution in [0.15, 0.2) is 30.3 Å². The van der Waals surface area contributed by atoms with E-state index in [2.05, 4.69) is 10.2 Å². The van der Waals surface area contributed by atoms with Crippen molar-refractivity contribution in [3.63, 3.8) is 0 Å². The zero-order valence-corrected chi connectivity index (χ0v) is 14.2. The number of hydrogen-bond donors (Lipinski definition) is 1. The number of halogens is 1. The molecule has 0 aliphatic rings. The van der Waals surface area contributed by atoms with Gasteiger partial charge in [0.25, 0.3) is 0 Å². The molecule has 1 N–H and O–H groups in total. The Balaban J connectivity index is 2.24. The summed E-state index contributed by atoms with van der Waals surface area (Å²) in [6, 6.07) is 8.84. The lowest BCUT2D eigenvalue weighted by atomic mass is 9.86. The molecule has 5 nitrogen and oxygen atoms in total. The molecule has 1 heterocycles. The van der Waals surface area contributed by atoms with Crippen LogP contribution < -0.4 is 4.74 Å². The first kappa shape index (κ1) is 15.6. The molecule has 23 heavy (non-hydrogen) atoms. The van der Waals surface area contributed by atoms with Crippen LogP contribution in [0.25, 0.3) is 16.7 Å². The first-order chi connectivity index (χ1) is 10.8. The summed E-state index contributed by atoms with van der Waals surface area (Å²) in [5.41, 5.74) is 2.36. The summed E-state index contributed by atoms with van der Waals surface area (Å²) in [5, 5.41) is 20.1. The van der Waals surface area contributed by atoms with Crippen molar-refractivity contribution in [3.8, 4) is 17.2 Å². The van der Waals surface area contributed by atoms with Gasteiger partial charge in [0.2, 0.25) is 0 Å². The minimum atomic E-state index is -0.247. The Hall–Kier alpha value is -2.27. The van der Waals surface area contributed by atoms with Gasteiger partial charge in [0, 0.05) is 16.7 Å². The van der Waals surface area contributed by atoms with Crippen molar-refractivity contribution < 1.29 is 9.84 Å². The van der Waals surface area contributed by atoms with Gasteiger partial charge in [-0.05, 0) is 29.7 Å². The minimum absolute atomic E-state index is 0.143. The molecule has 0 bridgehead atoms. The lowest BCUT2D eigenvalue weighted by Crippen LogP contribution is -2.13. The zero-order chi connectivity index (χ0) is 16.8. The van der Waals surface area contributed by atoms with Crippen LogP contribution in [0, 0.1) is 0 Å². The molecule has 6 heteroatoms. The third-order valence-electron chi connectivity index (χ3n) is 3.66. The molecule has 0 atom stereocenters. The SMILES string of the molecule is COc1cc(-n2nc3ccc(Cl)cc3n2)c(O)c(C(C)(C)C)c1. The topological polar surface area (TPSA) is 60.2 Å². The highest BCUT2D eigenvalue weighted by molar-refractivity contribution is 6.31. The predicted molar refractivity (Wildman–Crippen MR) is 90.8 cm³/mol. The van der Waals surface area contributed by atoms with Gasteiger partial charge < -0.3 is 9.84 Å². The van der Waals surface area contributed by atoms with E-state index in [0.717, 1.165) is 5.56 Å². The Kier molecular flexibility index (Phi) is 3.68. The van der Waals surface area contributed by atoms with Gasteiger partial charge in [0.15, 0.2) is 0 Å². The van der Waals surface area contributed by atoms with E-state index in [1.54, 1.807) is 31.4 Å². The van der Waals surface area contributed by atoms with Gasteiger partial charge in [-0.25, -0.2) is 0 Å². The van der Waals surface area contributed by atoms with Crippen LogP contribution in [0.3, 0.4) is 0 Å². The summed E-state index contributed by atoms with van der Waals surface area (Å²) in [4.78, 5) is 1.41. The van der Waals surface area contributed by atoms with Crippen LogP contribution in [-0.2, 0) is 5.41 Å². The molecule has 2 aromatic carbocycles. The van der Waals surface area contributed by atoms with Gasteiger partial charge in [-0.3, -0.25) is 0 Å². The Labute approximate surface area is 139 Å². The lowest BCUT2D eigenvalue weighted by molar-refractivity contribution is 0.403. The fourth-order valence-corrected chi connectivity index (χ4v) is 2.60. The fourth-order valence-electron chi connectivity index (χ4n) is 2.43. The number of aromatic nitrogens is 3. The van der Waals surface area contributed by atoms with E-state index in [1.165, 1.54) is 4.80 Å². The van der Waals surface area contributed by atoms with Crippen LogP contribution in [0.2, 0.25) is 5.02 Å². The van der Waals surface area contributed by atoms with Crippen LogP contribution in [-0.4, -0.2) is 27.2 Å². The number of phenols is 1. The van der Waals surface area contributed by atoms with Crippen molar-refractivity contribution in [1.82, 2.24) is 15.0 Å². The molecule has 0 radical (unpaired) electrons. The third kappa shape index (κ3) is 2.84. The molecule has 0 fully saturated rings. The monoisotopic (exact) mass is 331 g/mol. The van der Waals surface area contributed by atoms with Gasteiger partial charge >= 0.3 is 0 Å². The second-order valence-electron chi connectivity index (χ2n) is 6.42. The average Bonchev–Trinajstić information content (AvgIpc) is 2.89. The highest BCUT2D eigenvalue weighted by Crippen LogP contribution is 2.38. The van der Waals surface area contributed by atoms with E-state index in [0.29, 0.717) is 27.5 Å². The first-order valence-electron chi connectivity index (χ1n) is 7.24. The average molecular weight is 332 g/mol. The molecule has 0 saturated carbocycles. The maximum absolute atomic E-state index is 10.7. The largest absolute Gasteiger partial charge is 0.505 e. The Bertz CT molecular complexity index is 881. The number of fused-ring (bicyclic) bond motifs is 1. The molecule has 0 aliphatic heterocycles. The van der Waals surface area contributed by atoms with Crippen molar-refractivity contribution in [2.75, 3.05) is 7.11 Å². The number of aromatic hydroxyl groups is 1. The van der Waals surface area contributed by atoms with E-state index >= 15 is 0 Å². The third-order valence-corrected chi connectivity index (χ3v) is 3.90. The van der Waals surface area contributed by atoms with Gasteiger partial charge in [-0.15, -0.1) is 15.0 Å². The van der Waals surface area contributed by atoms with Crippen molar-refractivity contribution >= 4 is 22.6 Å². The minimum Gasteiger partial charge on any atom is -0.505 e. The van der Waals surface area contributed by atoms with E-state index in [1.807, 2.05) is 26.8 Å². The van der Waals surface area contributed by atoms with Gasteiger partial charge in [0.05, 0.1) is 7.11 Å². The highest BCUT2D eigenvalue weighted by atomic mass is 35.5. The van der Waals surface area contributed by atoms with Crippen molar-refractivity contribution in [3.05, 3.63) is 40.9 Å². The molecular formula is C17H18ClN3O2. The molecular weight excluding hydrogens is 314 g/mol. The molecule has 0 amide bonds. The van der Waals surface area contributed by atoms with Crippen molar-refractivity contribution in [1.29, 1.82) is 0 Å². The fraction of sp³-hybridized carbons (Fsp3) is 0.294. The van der Waals surface area contributed by atoms with Gasteiger partial charge in [0.1, 0.15) is 28.2 Å². The van der Waals surface area contributed by atoms with Gasteiger partial charge in [-0.1, -0.05) is 32.4 Å². The molecule has 3 aromatic rings. The van der Waals surface area contributed by atoms with Crippen LogP contribution in [0.1, 0.15) is 26.3 Å². The smallest absolute Gasteiger partial charge is 0.147 e. The van der Waals surface area contributed by atoms with E-state index in [4.69, 9.17) is 16.3 Å². The summed E-state index contributed by atoms with van der Waals surface area (Å²) in [6.45, 7) is 6.08. The normalized spacial score (nSPS) is 11.9. The first-order valence-corrected chi connectivity index (χ1v) is 7.62. The molecule has 1 aromatic heterocycles. The van der Waals surface area contributed by atoms with Crippen LogP contribution in [0.4, 0.5) is 0 Å². The predicted octanol–water partition coefficient (Wildman–Crippen LogP) is 4.09. The summed E-state index contributed by atoms with van der Waals surface area (Å²) in [7, 11) is 1.59. The number of phenolic OH excluding ortho intramolecular Hbond substituents is 1. The zero-order valence-electron chi connectivity index (χ0n) is 13.5. The number of nitrogens with zero attached hydrogens (tertiary/aromatic N) is 3. The summed E-state index contributed by atoms with van der Waals surface area (Å²) < 4.78 is 5.36. The molecule has 0 saturated heterocycles. The van der Waals surface area contributed by atoms with Crippen LogP contribution in [0.5, 0.6) is 11.5 Å². The van der Waals surface area contributed by atoms with E-state index in [9.17, 15) is 5.11 Å². The van der Waals surface area contributed by atoms with E-state index in [-0.39, 0.29) is 11.2 Å². The number of benzene rings is 2. The number of methoxy groups -OCH3 is 1. The van der Waals surface area contributed by atoms with Crippen molar-refractivity contribution in [2.45, 2.75) is 26.2 Å². The quantitative estimate of drug-likeness (QED) is 0.768. The highest BCUT2D eigenvalue weighted by Gasteiger charge is 2.23. The lowest BCUT2D eigenvalue weighted by Gasteiger charge is -2.22. The Morgan fingerprint density at radius 3 is 2.43 bits per heavy atom. The molecule has 0 unspecified atom stereocenters.